The molecule has 1 aromatic carbocycles. The average molecular weight is 477 g/mol. The van der Waals surface area contributed by atoms with Crippen LogP contribution in [-0.4, -0.2) is 42.2 Å². The molecule has 2 aliphatic rings. The van der Waals surface area contributed by atoms with Crippen molar-refractivity contribution in [3.63, 3.8) is 0 Å². The standard InChI is InChI=1S/C24H31F3N6O/c1-33(2)21-19-5-3-4-6-20(19)31-22(32-21)28-16-11-13-18(14-12-16)30-23(34)29-17-9-7-15(8-10-17)24(25,26)27/h7-10,16,18H,3-6,11-14H2,1-2H3,(H,28,31,32)(H2,29,30,34)/t16-,18+. The molecule has 1 heterocycles. The Morgan fingerprint density at radius 2 is 1.62 bits per heavy atom. The van der Waals surface area contributed by atoms with Crippen molar-refractivity contribution in [1.29, 1.82) is 0 Å². The molecule has 184 valence electrons. The number of fused-ring (bicyclic) bond motifs is 1. The van der Waals surface area contributed by atoms with E-state index in [4.69, 9.17) is 9.97 Å². The molecular formula is C24H31F3N6O. The Balaban J connectivity index is 1.27. The van der Waals surface area contributed by atoms with E-state index in [0.717, 1.165) is 68.6 Å². The first-order valence-corrected chi connectivity index (χ1v) is 11.8. The zero-order valence-corrected chi connectivity index (χ0v) is 19.5. The first-order valence-electron chi connectivity index (χ1n) is 11.8. The molecule has 0 aliphatic heterocycles. The van der Waals surface area contributed by atoms with Crippen LogP contribution in [0.3, 0.4) is 0 Å². The van der Waals surface area contributed by atoms with Gasteiger partial charge in [0.2, 0.25) is 5.95 Å². The minimum absolute atomic E-state index is 0.00860. The highest BCUT2D eigenvalue weighted by Gasteiger charge is 2.30. The van der Waals surface area contributed by atoms with E-state index in [9.17, 15) is 18.0 Å². The number of hydrogen-bond donors (Lipinski definition) is 3. The van der Waals surface area contributed by atoms with Crippen molar-refractivity contribution in [2.75, 3.05) is 29.6 Å². The number of benzene rings is 1. The molecule has 2 aromatic rings. The van der Waals surface area contributed by atoms with Crippen molar-refractivity contribution < 1.29 is 18.0 Å². The summed E-state index contributed by atoms with van der Waals surface area (Å²) in [6.45, 7) is 0. The van der Waals surface area contributed by atoms with Gasteiger partial charge in [0.25, 0.3) is 0 Å². The van der Waals surface area contributed by atoms with Crippen molar-refractivity contribution in [3.05, 3.63) is 41.1 Å². The first-order chi connectivity index (χ1) is 16.2. The SMILES string of the molecule is CN(C)c1nc(N[C@H]2CC[C@@H](NC(=O)Nc3ccc(C(F)(F)F)cc3)CC2)nc2c1CCCC2. The number of hydrogen-bond acceptors (Lipinski definition) is 5. The largest absolute Gasteiger partial charge is 0.416 e. The molecule has 0 radical (unpaired) electrons. The second kappa shape index (κ2) is 10.1. The number of aryl methyl sites for hydroxylation is 1. The van der Waals surface area contributed by atoms with Gasteiger partial charge in [0.15, 0.2) is 0 Å². The van der Waals surface area contributed by atoms with Crippen LogP contribution in [0.2, 0.25) is 0 Å². The van der Waals surface area contributed by atoms with Gasteiger partial charge >= 0.3 is 12.2 Å². The molecule has 0 bridgehead atoms. The molecule has 1 saturated carbocycles. The second-order valence-electron chi connectivity index (χ2n) is 9.26. The molecule has 4 rings (SSSR count). The summed E-state index contributed by atoms with van der Waals surface area (Å²) in [6, 6.07) is 4.24. The minimum atomic E-state index is -4.40. The number of aromatic nitrogens is 2. The van der Waals surface area contributed by atoms with Gasteiger partial charge in [-0.3, -0.25) is 0 Å². The minimum Gasteiger partial charge on any atom is -0.362 e. The van der Waals surface area contributed by atoms with Crippen LogP contribution in [-0.2, 0) is 19.0 Å². The normalized spacial score (nSPS) is 20.3. The molecule has 0 atom stereocenters. The number of alkyl halides is 3. The van der Waals surface area contributed by atoms with Crippen LogP contribution in [0.25, 0.3) is 0 Å². The number of carbonyl (C=O) groups excluding carboxylic acids is 1. The van der Waals surface area contributed by atoms with E-state index in [2.05, 4.69) is 16.0 Å². The van der Waals surface area contributed by atoms with Crippen molar-refractivity contribution in [2.24, 2.45) is 0 Å². The number of amides is 2. The Bertz CT molecular complexity index is 1000. The van der Waals surface area contributed by atoms with Gasteiger partial charge in [0.05, 0.1) is 11.3 Å². The molecule has 0 unspecified atom stereocenters. The maximum absolute atomic E-state index is 12.7. The third-order valence-corrected chi connectivity index (χ3v) is 6.45. The van der Waals surface area contributed by atoms with Crippen LogP contribution >= 0.6 is 0 Å². The van der Waals surface area contributed by atoms with Crippen molar-refractivity contribution in [2.45, 2.75) is 69.6 Å². The smallest absolute Gasteiger partial charge is 0.362 e. The summed E-state index contributed by atoms with van der Waals surface area (Å²) in [5.41, 5.74) is 1.98. The molecule has 7 nitrogen and oxygen atoms in total. The molecule has 1 fully saturated rings. The Kier molecular flexibility index (Phi) is 7.13. The predicted molar refractivity (Wildman–Crippen MR) is 126 cm³/mol. The van der Waals surface area contributed by atoms with E-state index in [-0.39, 0.29) is 12.1 Å². The van der Waals surface area contributed by atoms with E-state index in [1.54, 1.807) is 0 Å². The number of halogens is 3. The molecule has 2 aliphatic carbocycles. The molecular weight excluding hydrogens is 445 g/mol. The Morgan fingerprint density at radius 1 is 0.971 bits per heavy atom. The second-order valence-corrected chi connectivity index (χ2v) is 9.26. The zero-order valence-electron chi connectivity index (χ0n) is 19.5. The summed E-state index contributed by atoms with van der Waals surface area (Å²) >= 11 is 0. The van der Waals surface area contributed by atoms with Crippen LogP contribution in [0, 0.1) is 0 Å². The summed E-state index contributed by atoms with van der Waals surface area (Å²) in [5, 5.41) is 9.02. The number of nitrogens with one attached hydrogen (secondary N) is 3. The Labute approximate surface area is 197 Å². The molecule has 0 spiro atoms. The summed E-state index contributed by atoms with van der Waals surface area (Å²) in [5.74, 6) is 1.66. The van der Waals surface area contributed by atoms with Gasteiger partial charge < -0.3 is 20.9 Å². The van der Waals surface area contributed by atoms with E-state index in [1.807, 2.05) is 19.0 Å². The van der Waals surface area contributed by atoms with E-state index in [0.29, 0.717) is 11.6 Å². The summed E-state index contributed by atoms with van der Waals surface area (Å²) in [4.78, 5) is 23.9. The molecule has 1 aromatic heterocycles. The third kappa shape index (κ3) is 5.90. The van der Waals surface area contributed by atoms with Gasteiger partial charge in [-0.2, -0.15) is 18.2 Å². The number of anilines is 3. The lowest BCUT2D eigenvalue weighted by molar-refractivity contribution is -0.137. The highest BCUT2D eigenvalue weighted by Crippen LogP contribution is 2.31. The van der Waals surface area contributed by atoms with Crippen LogP contribution in [0.5, 0.6) is 0 Å². The topological polar surface area (TPSA) is 82.2 Å². The van der Waals surface area contributed by atoms with E-state index in [1.165, 1.54) is 24.1 Å². The number of urea groups is 1. The van der Waals surface area contributed by atoms with Crippen molar-refractivity contribution in [1.82, 2.24) is 15.3 Å². The van der Waals surface area contributed by atoms with Crippen molar-refractivity contribution >= 4 is 23.5 Å². The average Bonchev–Trinajstić information content (AvgIpc) is 2.79. The molecule has 2 amide bonds. The summed E-state index contributed by atoms with van der Waals surface area (Å²) in [7, 11) is 4.02. The lowest BCUT2D eigenvalue weighted by Gasteiger charge is -2.30. The lowest BCUT2D eigenvalue weighted by atomic mass is 9.91. The van der Waals surface area contributed by atoms with Crippen LogP contribution < -0.4 is 20.9 Å². The molecule has 34 heavy (non-hydrogen) atoms. The maximum Gasteiger partial charge on any atom is 0.416 e. The summed E-state index contributed by atoms with van der Waals surface area (Å²) < 4.78 is 38.0. The maximum atomic E-state index is 12.7. The van der Waals surface area contributed by atoms with Gasteiger partial charge in [0, 0.05) is 37.4 Å². The fraction of sp³-hybridized carbons (Fsp3) is 0.542. The van der Waals surface area contributed by atoms with Gasteiger partial charge in [-0.15, -0.1) is 0 Å². The fourth-order valence-electron chi connectivity index (χ4n) is 4.67. The highest BCUT2D eigenvalue weighted by atomic mass is 19.4. The molecule has 0 saturated heterocycles. The van der Waals surface area contributed by atoms with Crippen molar-refractivity contribution in [3.8, 4) is 0 Å². The Hall–Kier alpha value is -3.04. The van der Waals surface area contributed by atoms with Crippen LogP contribution in [0.15, 0.2) is 24.3 Å². The van der Waals surface area contributed by atoms with E-state index >= 15 is 0 Å². The van der Waals surface area contributed by atoms with Gasteiger partial charge in [-0.25, -0.2) is 9.78 Å². The zero-order chi connectivity index (χ0) is 24.3. The predicted octanol–water partition coefficient (Wildman–Crippen LogP) is 4.99. The third-order valence-electron chi connectivity index (χ3n) is 6.45. The number of carbonyl (C=O) groups is 1. The number of nitrogens with zero attached hydrogens (tertiary/aromatic N) is 3. The highest BCUT2D eigenvalue weighted by molar-refractivity contribution is 5.89. The van der Waals surface area contributed by atoms with Gasteiger partial charge in [0.1, 0.15) is 5.82 Å². The van der Waals surface area contributed by atoms with E-state index < -0.39 is 17.8 Å². The molecule has 3 N–H and O–H groups in total. The van der Waals surface area contributed by atoms with Crippen LogP contribution in [0.4, 0.5) is 35.4 Å². The quantitative estimate of drug-likeness (QED) is 0.567. The van der Waals surface area contributed by atoms with Crippen LogP contribution in [0.1, 0.15) is 55.3 Å². The lowest BCUT2D eigenvalue weighted by Crippen LogP contribution is -2.42. The first kappa shape index (κ1) is 24.1. The molecule has 10 heteroatoms. The number of rotatable bonds is 5. The monoisotopic (exact) mass is 476 g/mol. The fourth-order valence-corrected chi connectivity index (χ4v) is 4.67. The van der Waals surface area contributed by atoms with Gasteiger partial charge in [-0.1, -0.05) is 0 Å². The Morgan fingerprint density at radius 3 is 2.26 bits per heavy atom. The van der Waals surface area contributed by atoms with Gasteiger partial charge in [-0.05, 0) is 75.6 Å². The summed E-state index contributed by atoms with van der Waals surface area (Å²) in [6.07, 6.45) is 3.26.